The van der Waals surface area contributed by atoms with Gasteiger partial charge in [-0.25, -0.2) is 0 Å². The molecule has 2 aliphatic rings. The van der Waals surface area contributed by atoms with Crippen LogP contribution in [0.3, 0.4) is 0 Å². The standard InChI is InChI=1S/C17H26N2/c1-12-6-13(2)14(3)19(10-12)11-15-4-5-16-8-18-9-17(16)7-15/h4-5,7,12-14,18H,6,8-11H2,1-3H3. The minimum Gasteiger partial charge on any atom is -0.309 e. The van der Waals surface area contributed by atoms with Crippen molar-refractivity contribution in [1.82, 2.24) is 10.2 Å². The van der Waals surface area contributed by atoms with Crippen molar-refractivity contribution in [3.05, 3.63) is 34.9 Å². The zero-order valence-corrected chi connectivity index (χ0v) is 12.4. The Labute approximate surface area is 117 Å². The van der Waals surface area contributed by atoms with Gasteiger partial charge < -0.3 is 5.32 Å². The zero-order valence-electron chi connectivity index (χ0n) is 12.4. The predicted octanol–water partition coefficient (Wildman–Crippen LogP) is 3.16. The molecule has 1 N–H and O–H groups in total. The van der Waals surface area contributed by atoms with Crippen molar-refractivity contribution in [1.29, 1.82) is 0 Å². The molecule has 2 heteroatoms. The van der Waals surface area contributed by atoms with E-state index in [1.807, 2.05) is 0 Å². The van der Waals surface area contributed by atoms with Crippen molar-refractivity contribution in [3.63, 3.8) is 0 Å². The van der Waals surface area contributed by atoms with Crippen molar-refractivity contribution in [2.24, 2.45) is 11.8 Å². The van der Waals surface area contributed by atoms with Crippen LogP contribution in [0.15, 0.2) is 18.2 Å². The molecule has 0 saturated carbocycles. The number of likely N-dealkylation sites (tertiary alicyclic amines) is 1. The lowest BCUT2D eigenvalue weighted by Crippen LogP contribution is -2.45. The Kier molecular flexibility index (Phi) is 3.64. The van der Waals surface area contributed by atoms with Crippen LogP contribution in [0.25, 0.3) is 0 Å². The molecular formula is C17H26N2. The van der Waals surface area contributed by atoms with Crippen LogP contribution in [-0.2, 0) is 19.6 Å². The highest BCUT2D eigenvalue weighted by Crippen LogP contribution is 2.28. The summed E-state index contributed by atoms with van der Waals surface area (Å²) in [5, 5.41) is 3.43. The summed E-state index contributed by atoms with van der Waals surface area (Å²) in [5.41, 5.74) is 4.47. The first-order valence-corrected chi connectivity index (χ1v) is 7.69. The lowest BCUT2D eigenvalue weighted by atomic mass is 9.85. The molecule has 0 aliphatic carbocycles. The van der Waals surface area contributed by atoms with Crippen molar-refractivity contribution in [3.8, 4) is 0 Å². The Hall–Kier alpha value is -0.860. The molecular weight excluding hydrogens is 232 g/mol. The molecule has 1 aromatic rings. The first-order valence-electron chi connectivity index (χ1n) is 7.69. The van der Waals surface area contributed by atoms with Crippen molar-refractivity contribution < 1.29 is 0 Å². The predicted molar refractivity (Wildman–Crippen MR) is 79.8 cm³/mol. The fourth-order valence-corrected chi connectivity index (χ4v) is 3.72. The van der Waals surface area contributed by atoms with Gasteiger partial charge in [-0.3, -0.25) is 4.90 Å². The summed E-state index contributed by atoms with van der Waals surface area (Å²) >= 11 is 0. The Morgan fingerprint density at radius 3 is 2.79 bits per heavy atom. The molecule has 1 aromatic carbocycles. The third kappa shape index (κ3) is 2.70. The third-order valence-corrected chi connectivity index (χ3v) is 5.01. The van der Waals surface area contributed by atoms with Crippen LogP contribution in [0.4, 0.5) is 0 Å². The Morgan fingerprint density at radius 1 is 1.16 bits per heavy atom. The third-order valence-electron chi connectivity index (χ3n) is 5.01. The SMILES string of the molecule is CC1CC(C)C(C)N(Cc2ccc3c(c2)CNC3)C1. The lowest BCUT2D eigenvalue weighted by molar-refractivity contribution is 0.0729. The molecule has 2 nitrogen and oxygen atoms in total. The molecule has 2 aliphatic heterocycles. The molecule has 2 heterocycles. The molecule has 0 radical (unpaired) electrons. The van der Waals surface area contributed by atoms with Gasteiger partial charge >= 0.3 is 0 Å². The maximum atomic E-state index is 3.43. The smallest absolute Gasteiger partial charge is 0.0236 e. The van der Waals surface area contributed by atoms with Gasteiger partial charge in [0.05, 0.1) is 0 Å². The highest BCUT2D eigenvalue weighted by atomic mass is 15.2. The maximum absolute atomic E-state index is 3.43. The molecule has 19 heavy (non-hydrogen) atoms. The van der Waals surface area contributed by atoms with E-state index in [0.717, 1.165) is 31.5 Å². The second kappa shape index (κ2) is 5.26. The van der Waals surface area contributed by atoms with Gasteiger partial charge in [0.1, 0.15) is 0 Å². The van der Waals surface area contributed by atoms with E-state index in [-0.39, 0.29) is 0 Å². The van der Waals surface area contributed by atoms with Gasteiger partial charge in [0.15, 0.2) is 0 Å². The van der Waals surface area contributed by atoms with Gasteiger partial charge in [0.2, 0.25) is 0 Å². The van der Waals surface area contributed by atoms with Gasteiger partial charge in [-0.05, 0) is 41.9 Å². The van der Waals surface area contributed by atoms with Crippen LogP contribution in [0.5, 0.6) is 0 Å². The average molecular weight is 258 g/mol. The Bertz CT molecular complexity index is 455. The van der Waals surface area contributed by atoms with E-state index in [0.29, 0.717) is 6.04 Å². The molecule has 0 spiro atoms. The molecule has 0 bridgehead atoms. The number of rotatable bonds is 2. The van der Waals surface area contributed by atoms with Gasteiger partial charge in [-0.1, -0.05) is 32.0 Å². The van der Waals surface area contributed by atoms with Gasteiger partial charge in [-0.15, -0.1) is 0 Å². The highest BCUT2D eigenvalue weighted by molar-refractivity contribution is 5.34. The monoisotopic (exact) mass is 258 g/mol. The number of fused-ring (bicyclic) bond motifs is 1. The summed E-state index contributed by atoms with van der Waals surface area (Å²) in [5.74, 6) is 1.65. The van der Waals surface area contributed by atoms with E-state index in [9.17, 15) is 0 Å². The first-order chi connectivity index (χ1) is 9.13. The van der Waals surface area contributed by atoms with E-state index in [1.165, 1.54) is 29.7 Å². The normalized spacial score (nSPS) is 31.4. The molecule has 3 atom stereocenters. The summed E-state index contributed by atoms with van der Waals surface area (Å²) in [7, 11) is 0. The van der Waals surface area contributed by atoms with E-state index in [4.69, 9.17) is 0 Å². The fourth-order valence-electron chi connectivity index (χ4n) is 3.72. The van der Waals surface area contributed by atoms with E-state index >= 15 is 0 Å². The topological polar surface area (TPSA) is 15.3 Å². The number of hydrogen-bond donors (Lipinski definition) is 1. The molecule has 1 saturated heterocycles. The first kappa shape index (κ1) is 13.1. The molecule has 0 amide bonds. The highest BCUT2D eigenvalue weighted by Gasteiger charge is 2.28. The van der Waals surface area contributed by atoms with E-state index in [1.54, 1.807) is 0 Å². The van der Waals surface area contributed by atoms with Crippen molar-refractivity contribution in [2.75, 3.05) is 6.54 Å². The van der Waals surface area contributed by atoms with Crippen LogP contribution in [0.1, 0.15) is 43.9 Å². The van der Waals surface area contributed by atoms with E-state index < -0.39 is 0 Å². The maximum Gasteiger partial charge on any atom is 0.0236 e. The summed E-state index contributed by atoms with van der Waals surface area (Å²) in [6.45, 7) is 11.6. The Balaban J connectivity index is 1.73. The minimum atomic E-state index is 0.711. The van der Waals surface area contributed by atoms with Crippen molar-refractivity contribution in [2.45, 2.75) is 52.9 Å². The molecule has 3 rings (SSSR count). The summed E-state index contributed by atoms with van der Waals surface area (Å²) in [6.07, 6.45) is 1.38. The molecule has 1 fully saturated rings. The Morgan fingerprint density at radius 2 is 1.95 bits per heavy atom. The summed E-state index contributed by atoms with van der Waals surface area (Å²) < 4.78 is 0. The molecule has 3 unspecified atom stereocenters. The van der Waals surface area contributed by atoms with Crippen LogP contribution in [0.2, 0.25) is 0 Å². The second-order valence-electron chi connectivity index (χ2n) is 6.69. The molecule has 104 valence electrons. The average Bonchev–Trinajstić information content (AvgIpc) is 2.82. The van der Waals surface area contributed by atoms with Gasteiger partial charge in [0, 0.05) is 32.2 Å². The fraction of sp³-hybridized carbons (Fsp3) is 0.647. The molecule has 0 aromatic heterocycles. The van der Waals surface area contributed by atoms with Crippen LogP contribution in [-0.4, -0.2) is 17.5 Å². The summed E-state index contributed by atoms with van der Waals surface area (Å²) in [6, 6.07) is 7.75. The van der Waals surface area contributed by atoms with Crippen LogP contribution >= 0.6 is 0 Å². The number of nitrogens with zero attached hydrogens (tertiary/aromatic N) is 1. The quantitative estimate of drug-likeness (QED) is 0.876. The largest absolute Gasteiger partial charge is 0.309 e. The van der Waals surface area contributed by atoms with Crippen LogP contribution < -0.4 is 5.32 Å². The lowest BCUT2D eigenvalue weighted by Gasteiger charge is -2.41. The zero-order chi connectivity index (χ0) is 13.4. The van der Waals surface area contributed by atoms with Crippen LogP contribution in [0, 0.1) is 11.8 Å². The van der Waals surface area contributed by atoms with Crippen molar-refractivity contribution >= 4 is 0 Å². The number of nitrogens with one attached hydrogen (secondary N) is 1. The van der Waals surface area contributed by atoms with E-state index in [2.05, 4.69) is 49.2 Å². The summed E-state index contributed by atoms with van der Waals surface area (Å²) in [4.78, 5) is 2.67. The van der Waals surface area contributed by atoms with Gasteiger partial charge in [0.25, 0.3) is 0 Å². The number of benzene rings is 1. The number of piperidine rings is 1. The minimum absolute atomic E-state index is 0.711. The number of hydrogen-bond acceptors (Lipinski definition) is 2. The second-order valence-corrected chi connectivity index (χ2v) is 6.69. The van der Waals surface area contributed by atoms with Gasteiger partial charge in [-0.2, -0.15) is 0 Å².